The summed E-state index contributed by atoms with van der Waals surface area (Å²) in [6.45, 7) is -0.255. The fourth-order valence-electron chi connectivity index (χ4n) is 2.47. The van der Waals surface area contributed by atoms with Gasteiger partial charge >= 0.3 is 0 Å². The lowest BCUT2D eigenvalue weighted by molar-refractivity contribution is -0.385. The zero-order valence-corrected chi connectivity index (χ0v) is 17.4. The number of rotatable bonds is 6. The van der Waals surface area contributed by atoms with E-state index in [9.17, 15) is 14.9 Å². The Morgan fingerprint density at radius 3 is 2.75 bits per heavy atom. The summed E-state index contributed by atoms with van der Waals surface area (Å²) in [7, 11) is 0. The summed E-state index contributed by atoms with van der Waals surface area (Å²) in [4.78, 5) is 22.4. The van der Waals surface area contributed by atoms with Gasteiger partial charge in [-0.25, -0.2) is 5.43 Å². The van der Waals surface area contributed by atoms with Crippen molar-refractivity contribution in [2.75, 3.05) is 6.61 Å². The standard InChI is InChI=1S/C19H13Br2N3O4/c20-14-6-7-15-12(9-14)5-8-17(19(15)21)28-11-18(25)23-22-10-13-3-1-2-4-16(13)24(26)27/h1-10H,11H2,(H,23,25). The predicted octanol–water partition coefficient (Wildman–Crippen LogP) is 4.80. The average Bonchev–Trinajstić information content (AvgIpc) is 2.67. The molecule has 0 heterocycles. The topological polar surface area (TPSA) is 93.8 Å². The number of benzene rings is 3. The Kier molecular flexibility index (Phi) is 6.37. The number of carbonyl (C=O) groups is 1. The third-order valence-corrected chi connectivity index (χ3v) is 5.08. The van der Waals surface area contributed by atoms with Crippen molar-refractivity contribution in [3.8, 4) is 5.75 Å². The minimum atomic E-state index is -0.512. The number of para-hydroxylation sites is 1. The van der Waals surface area contributed by atoms with Crippen LogP contribution in [0.2, 0.25) is 0 Å². The number of hydrazone groups is 1. The van der Waals surface area contributed by atoms with Gasteiger partial charge in [0.15, 0.2) is 6.61 Å². The quantitative estimate of drug-likeness (QED) is 0.295. The first-order valence-corrected chi connectivity index (χ1v) is 9.60. The fourth-order valence-corrected chi connectivity index (χ4v) is 3.45. The van der Waals surface area contributed by atoms with Gasteiger partial charge in [-0.15, -0.1) is 0 Å². The molecule has 28 heavy (non-hydrogen) atoms. The summed E-state index contributed by atoms with van der Waals surface area (Å²) in [6, 6.07) is 15.6. The molecular formula is C19H13Br2N3O4. The van der Waals surface area contributed by atoms with Crippen molar-refractivity contribution in [2.24, 2.45) is 5.10 Å². The van der Waals surface area contributed by atoms with Gasteiger partial charge in [0.25, 0.3) is 11.6 Å². The van der Waals surface area contributed by atoms with Crippen molar-refractivity contribution < 1.29 is 14.5 Å². The van der Waals surface area contributed by atoms with E-state index in [0.29, 0.717) is 5.75 Å². The number of hydrogen-bond acceptors (Lipinski definition) is 5. The Morgan fingerprint density at radius 1 is 1.18 bits per heavy atom. The normalized spacial score (nSPS) is 10.9. The number of nitrogens with zero attached hydrogens (tertiary/aromatic N) is 2. The largest absolute Gasteiger partial charge is 0.483 e. The third kappa shape index (κ3) is 4.73. The zero-order valence-electron chi connectivity index (χ0n) is 14.3. The molecule has 0 radical (unpaired) electrons. The molecule has 0 saturated heterocycles. The number of fused-ring (bicyclic) bond motifs is 1. The molecule has 1 N–H and O–H groups in total. The lowest BCUT2D eigenvalue weighted by Crippen LogP contribution is -2.24. The summed E-state index contributed by atoms with van der Waals surface area (Å²) in [5, 5.41) is 16.7. The second-order valence-corrected chi connectivity index (χ2v) is 7.35. The first kappa shape index (κ1) is 20.0. The summed E-state index contributed by atoms with van der Waals surface area (Å²) >= 11 is 6.92. The van der Waals surface area contributed by atoms with Crippen LogP contribution in [0.15, 0.2) is 68.6 Å². The molecule has 0 saturated carbocycles. The van der Waals surface area contributed by atoms with Crippen LogP contribution in [0.25, 0.3) is 10.8 Å². The van der Waals surface area contributed by atoms with Gasteiger partial charge in [-0.05, 0) is 51.0 Å². The van der Waals surface area contributed by atoms with Crippen molar-refractivity contribution in [1.29, 1.82) is 0 Å². The molecule has 3 rings (SSSR count). The van der Waals surface area contributed by atoms with Crippen molar-refractivity contribution in [1.82, 2.24) is 5.43 Å². The smallest absolute Gasteiger partial charge is 0.278 e. The number of nitro benzene ring substituents is 1. The van der Waals surface area contributed by atoms with Crippen LogP contribution >= 0.6 is 31.9 Å². The van der Waals surface area contributed by atoms with Crippen molar-refractivity contribution in [3.63, 3.8) is 0 Å². The van der Waals surface area contributed by atoms with E-state index in [1.807, 2.05) is 24.3 Å². The molecule has 0 unspecified atom stereocenters. The maximum atomic E-state index is 11.9. The Balaban J connectivity index is 1.62. The van der Waals surface area contributed by atoms with E-state index in [1.54, 1.807) is 18.2 Å². The van der Waals surface area contributed by atoms with Gasteiger partial charge in [0.2, 0.25) is 0 Å². The van der Waals surface area contributed by atoms with Gasteiger partial charge in [-0.1, -0.05) is 40.2 Å². The van der Waals surface area contributed by atoms with Gasteiger partial charge < -0.3 is 4.74 Å². The fraction of sp³-hybridized carbons (Fsp3) is 0.0526. The number of carbonyl (C=O) groups excluding carboxylic acids is 1. The second kappa shape index (κ2) is 8.94. The minimum Gasteiger partial charge on any atom is -0.483 e. The molecule has 0 aliphatic heterocycles. The molecular weight excluding hydrogens is 494 g/mol. The highest BCUT2D eigenvalue weighted by Crippen LogP contribution is 2.34. The zero-order chi connectivity index (χ0) is 20.1. The van der Waals surface area contributed by atoms with E-state index < -0.39 is 10.8 Å². The number of nitro groups is 1. The van der Waals surface area contributed by atoms with Gasteiger partial charge in [-0.2, -0.15) is 5.10 Å². The third-order valence-electron chi connectivity index (χ3n) is 3.77. The van der Waals surface area contributed by atoms with Crippen LogP contribution in [0.3, 0.4) is 0 Å². The summed E-state index contributed by atoms with van der Waals surface area (Å²) < 4.78 is 7.26. The molecule has 0 aromatic heterocycles. The summed E-state index contributed by atoms with van der Waals surface area (Å²) in [5.74, 6) is 0.0327. The molecule has 0 fully saturated rings. The van der Waals surface area contributed by atoms with Gasteiger partial charge in [0, 0.05) is 10.5 Å². The van der Waals surface area contributed by atoms with Crippen molar-refractivity contribution in [2.45, 2.75) is 0 Å². The highest BCUT2D eigenvalue weighted by atomic mass is 79.9. The van der Waals surface area contributed by atoms with Crippen molar-refractivity contribution in [3.05, 3.63) is 79.2 Å². The van der Waals surface area contributed by atoms with Gasteiger partial charge in [0.05, 0.1) is 21.2 Å². The monoisotopic (exact) mass is 505 g/mol. The van der Waals surface area contributed by atoms with Crippen LogP contribution in [-0.2, 0) is 4.79 Å². The van der Waals surface area contributed by atoms with E-state index in [-0.39, 0.29) is 17.9 Å². The lowest BCUT2D eigenvalue weighted by atomic mass is 10.1. The van der Waals surface area contributed by atoms with Gasteiger partial charge in [-0.3, -0.25) is 14.9 Å². The van der Waals surface area contributed by atoms with E-state index in [1.165, 1.54) is 18.3 Å². The lowest BCUT2D eigenvalue weighted by Gasteiger charge is -2.10. The van der Waals surface area contributed by atoms with E-state index in [2.05, 4.69) is 42.4 Å². The van der Waals surface area contributed by atoms with Crippen LogP contribution < -0.4 is 10.2 Å². The molecule has 0 bridgehead atoms. The second-order valence-electron chi connectivity index (χ2n) is 5.64. The van der Waals surface area contributed by atoms with Crippen LogP contribution in [0.1, 0.15) is 5.56 Å². The number of halogens is 2. The molecule has 0 spiro atoms. The molecule has 0 aliphatic rings. The van der Waals surface area contributed by atoms with Crippen molar-refractivity contribution >= 4 is 60.4 Å². The van der Waals surface area contributed by atoms with E-state index >= 15 is 0 Å². The highest BCUT2D eigenvalue weighted by Gasteiger charge is 2.11. The Hall–Kier alpha value is -2.78. The van der Waals surface area contributed by atoms with Crippen LogP contribution in [0.4, 0.5) is 5.69 Å². The SMILES string of the molecule is O=C(COc1ccc2cc(Br)ccc2c1Br)NN=Cc1ccccc1[N+](=O)[O-]. The first-order chi connectivity index (χ1) is 13.5. The molecule has 7 nitrogen and oxygen atoms in total. The Labute approximate surface area is 176 Å². The van der Waals surface area contributed by atoms with Crippen LogP contribution in [0.5, 0.6) is 5.75 Å². The number of hydrogen-bond donors (Lipinski definition) is 1. The summed E-state index contributed by atoms with van der Waals surface area (Å²) in [6.07, 6.45) is 1.22. The number of amides is 1. The molecule has 3 aromatic rings. The Bertz CT molecular complexity index is 1090. The maximum absolute atomic E-state index is 11.9. The molecule has 9 heteroatoms. The molecule has 0 atom stereocenters. The molecule has 1 amide bonds. The predicted molar refractivity (Wildman–Crippen MR) is 114 cm³/mol. The molecule has 142 valence electrons. The van der Waals surface area contributed by atoms with E-state index in [0.717, 1.165) is 19.7 Å². The van der Waals surface area contributed by atoms with Crippen LogP contribution in [-0.4, -0.2) is 23.7 Å². The first-order valence-electron chi connectivity index (χ1n) is 8.01. The van der Waals surface area contributed by atoms with Gasteiger partial charge in [0.1, 0.15) is 5.75 Å². The molecule has 0 aliphatic carbocycles. The number of nitrogens with one attached hydrogen (secondary N) is 1. The maximum Gasteiger partial charge on any atom is 0.278 e. The average molecular weight is 507 g/mol. The number of ether oxygens (including phenoxy) is 1. The summed E-state index contributed by atoms with van der Waals surface area (Å²) in [5.41, 5.74) is 2.49. The Morgan fingerprint density at radius 2 is 1.96 bits per heavy atom. The minimum absolute atomic E-state index is 0.0940. The molecule has 3 aromatic carbocycles. The van der Waals surface area contributed by atoms with E-state index in [4.69, 9.17) is 4.74 Å². The van der Waals surface area contributed by atoms with Crippen LogP contribution in [0, 0.1) is 10.1 Å². The highest BCUT2D eigenvalue weighted by molar-refractivity contribution is 9.11.